The van der Waals surface area contributed by atoms with Crippen molar-refractivity contribution < 1.29 is 24.0 Å². The first kappa shape index (κ1) is 24.1. The highest BCUT2D eigenvalue weighted by atomic mass is 35.5. The lowest BCUT2D eigenvalue weighted by atomic mass is 10.1. The van der Waals surface area contributed by atoms with Gasteiger partial charge in [-0.2, -0.15) is 0 Å². The predicted octanol–water partition coefficient (Wildman–Crippen LogP) is 4.44. The van der Waals surface area contributed by atoms with E-state index in [1.54, 1.807) is 18.2 Å². The number of nitrogens with one attached hydrogen (secondary N) is 2. The maximum Gasteiger partial charge on any atom is 0.337 e. The van der Waals surface area contributed by atoms with Crippen molar-refractivity contribution in [3.8, 4) is 0 Å². The third kappa shape index (κ3) is 6.05. The van der Waals surface area contributed by atoms with E-state index in [-0.39, 0.29) is 22.0 Å². The van der Waals surface area contributed by atoms with E-state index in [2.05, 4.69) is 15.4 Å². The molecule has 0 saturated heterocycles. The molecule has 34 heavy (non-hydrogen) atoms. The van der Waals surface area contributed by atoms with Gasteiger partial charge in [-0.25, -0.2) is 4.79 Å². The molecule has 0 heterocycles. The fraction of sp³-hybridized carbons (Fsp3) is 0.0417. The fourth-order valence-corrected chi connectivity index (χ4v) is 3.08. The molecular formula is C24H18ClN3O6. The van der Waals surface area contributed by atoms with E-state index in [0.717, 1.165) is 0 Å². The van der Waals surface area contributed by atoms with Crippen molar-refractivity contribution in [2.24, 2.45) is 0 Å². The molecule has 172 valence electrons. The largest absolute Gasteiger partial charge is 0.465 e. The maximum atomic E-state index is 13.0. The summed E-state index contributed by atoms with van der Waals surface area (Å²) < 4.78 is 4.64. The van der Waals surface area contributed by atoms with E-state index in [1.165, 1.54) is 67.8 Å². The van der Waals surface area contributed by atoms with Crippen LogP contribution >= 0.6 is 11.6 Å². The standard InChI is InChI=1S/C24H18ClN3O6/c1-34-24(31)16-8-10-17(11-9-16)26-23(30)21(14-15-6-12-18(13-7-15)28(32)33)27-22(29)19-4-2-3-5-20(19)25/h2-14H,1H3,(H,26,30)(H,27,29)/b21-14-. The van der Waals surface area contributed by atoms with Crippen LogP contribution in [0.2, 0.25) is 5.02 Å². The molecule has 0 aromatic heterocycles. The number of nitro benzene ring substituents is 1. The van der Waals surface area contributed by atoms with Gasteiger partial charge in [0.2, 0.25) is 0 Å². The van der Waals surface area contributed by atoms with Crippen molar-refractivity contribution in [2.75, 3.05) is 12.4 Å². The Morgan fingerprint density at radius 3 is 2.21 bits per heavy atom. The molecule has 3 rings (SSSR count). The molecule has 3 aromatic rings. The van der Waals surface area contributed by atoms with Gasteiger partial charge in [-0.1, -0.05) is 23.7 Å². The molecule has 0 spiro atoms. The minimum absolute atomic E-state index is 0.117. The number of methoxy groups -OCH3 is 1. The summed E-state index contributed by atoms with van der Waals surface area (Å²) in [6.45, 7) is 0. The summed E-state index contributed by atoms with van der Waals surface area (Å²) in [5, 5.41) is 16.3. The van der Waals surface area contributed by atoms with E-state index < -0.39 is 22.7 Å². The zero-order valence-corrected chi connectivity index (χ0v) is 18.5. The van der Waals surface area contributed by atoms with Crippen LogP contribution in [0.25, 0.3) is 6.08 Å². The topological polar surface area (TPSA) is 128 Å². The summed E-state index contributed by atoms with van der Waals surface area (Å²) in [5.74, 6) is -1.80. The third-order valence-electron chi connectivity index (χ3n) is 4.59. The number of nitro groups is 1. The Morgan fingerprint density at radius 1 is 0.971 bits per heavy atom. The van der Waals surface area contributed by atoms with Crippen LogP contribution in [-0.2, 0) is 9.53 Å². The molecule has 0 atom stereocenters. The van der Waals surface area contributed by atoms with E-state index in [4.69, 9.17) is 11.6 Å². The van der Waals surface area contributed by atoms with Crippen LogP contribution in [0.3, 0.4) is 0 Å². The summed E-state index contributed by atoms with van der Waals surface area (Å²) in [6.07, 6.45) is 1.37. The number of hydrogen-bond acceptors (Lipinski definition) is 6. The summed E-state index contributed by atoms with van der Waals surface area (Å²) >= 11 is 6.09. The Balaban J connectivity index is 1.89. The van der Waals surface area contributed by atoms with Crippen molar-refractivity contribution >= 4 is 46.8 Å². The average molecular weight is 480 g/mol. The second-order valence-corrected chi connectivity index (χ2v) is 7.27. The van der Waals surface area contributed by atoms with Gasteiger partial charge in [0.1, 0.15) is 5.70 Å². The Hall–Kier alpha value is -4.50. The van der Waals surface area contributed by atoms with Crippen LogP contribution in [0.5, 0.6) is 0 Å². The lowest BCUT2D eigenvalue weighted by molar-refractivity contribution is -0.384. The van der Waals surface area contributed by atoms with Crippen molar-refractivity contribution in [2.45, 2.75) is 0 Å². The molecule has 0 aliphatic carbocycles. The van der Waals surface area contributed by atoms with Crippen LogP contribution in [0.1, 0.15) is 26.3 Å². The van der Waals surface area contributed by atoms with Crippen LogP contribution in [0.4, 0.5) is 11.4 Å². The number of amides is 2. The highest BCUT2D eigenvalue weighted by Crippen LogP contribution is 2.18. The van der Waals surface area contributed by atoms with Crippen LogP contribution in [0.15, 0.2) is 78.5 Å². The number of halogens is 1. The number of esters is 1. The zero-order valence-electron chi connectivity index (χ0n) is 17.8. The van der Waals surface area contributed by atoms with E-state index in [0.29, 0.717) is 16.8 Å². The Bertz CT molecular complexity index is 1270. The van der Waals surface area contributed by atoms with Gasteiger partial charge in [0.05, 0.1) is 28.2 Å². The molecule has 0 unspecified atom stereocenters. The normalized spacial score (nSPS) is 10.8. The molecule has 9 nitrogen and oxygen atoms in total. The van der Waals surface area contributed by atoms with Crippen molar-refractivity contribution in [1.29, 1.82) is 0 Å². The molecule has 0 fully saturated rings. The summed E-state index contributed by atoms with van der Waals surface area (Å²) in [7, 11) is 1.26. The molecule has 2 N–H and O–H groups in total. The number of ether oxygens (including phenoxy) is 1. The van der Waals surface area contributed by atoms with Crippen LogP contribution in [-0.4, -0.2) is 29.8 Å². The summed E-state index contributed by atoms with van der Waals surface area (Å²) in [5.41, 5.74) is 1.02. The zero-order chi connectivity index (χ0) is 24.7. The lowest BCUT2D eigenvalue weighted by Crippen LogP contribution is -2.31. The quantitative estimate of drug-likeness (QED) is 0.223. The van der Waals surface area contributed by atoms with Gasteiger partial charge in [0.15, 0.2) is 0 Å². The van der Waals surface area contributed by atoms with Gasteiger partial charge in [0, 0.05) is 17.8 Å². The predicted molar refractivity (Wildman–Crippen MR) is 126 cm³/mol. The Kier molecular flexibility index (Phi) is 7.73. The third-order valence-corrected chi connectivity index (χ3v) is 4.92. The van der Waals surface area contributed by atoms with Gasteiger partial charge < -0.3 is 15.4 Å². The molecule has 0 radical (unpaired) electrons. The van der Waals surface area contributed by atoms with E-state index >= 15 is 0 Å². The molecule has 10 heteroatoms. The molecule has 0 aliphatic rings. The van der Waals surface area contributed by atoms with Gasteiger partial charge in [-0.3, -0.25) is 19.7 Å². The molecular weight excluding hydrogens is 462 g/mol. The van der Waals surface area contributed by atoms with E-state index in [1.807, 2.05) is 0 Å². The molecule has 0 bridgehead atoms. The van der Waals surface area contributed by atoms with Gasteiger partial charge in [-0.05, 0) is 60.2 Å². The van der Waals surface area contributed by atoms with E-state index in [9.17, 15) is 24.5 Å². The van der Waals surface area contributed by atoms with Gasteiger partial charge in [-0.15, -0.1) is 0 Å². The number of benzene rings is 3. The van der Waals surface area contributed by atoms with Crippen molar-refractivity contribution in [1.82, 2.24) is 5.32 Å². The Morgan fingerprint density at radius 2 is 1.62 bits per heavy atom. The first-order chi connectivity index (χ1) is 16.3. The number of nitrogens with zero attached hydrogens (tertiary/aromatic N) is 1. The molecule has 2 amide bonds. The van der Waals surface area contributed by atoms with Crippen LogP contribution < -0.4 is 10.6 Å². The van der Waals surface area contributed by atoms with Crippen LogP contribution in [0, 0.1) is 10.1 Å². The highest BCUT2D eigenvalue weighted by Gasteiger charge is 2.17. The van der Waals surface area contributed by atoms with Gasteiger partial charge in [0.25, 0.3) is 17.5 Å². The lowest BCUT2D eigenvalue weighted by Gasteiger charge is -2.12. The molecule has 3 aromatic carbocycles. The number of rotatable bonds is 7. The summed E-state index contributed by atoms with van der Waals surface area (Å²) in [4.78, 5) is 47.7. The second kappa shape index (κ2) is 10.9. The second-order valence-electron chi connectivity index (χ2n) is 6.86. The molecule has 0 aliphatic heterocycles. The first-order valence-electron chi connectivity index (χ1n) is 9.80. The SMILES string of the molecule is COC(=O)c1ccc(NC(=O)/C(=C/c2ccc([N+](=O)[O-])cc2)NC(=O)c2ccccc2Cl)cc1. The number of carbonyl (C=O) groups excluding carboxylic acids is 3. The number of non-ortho nitro benzene ring substituents is 1. The monoisotopic (exact) mass is 479 g/mol. The number of hydrogen-bond donors (Lipinski definition) is 2. The van der Waals surface area contributed by atoms with Gasteiger partial charge >= 0.3 is 5.97 Å². The highest BCUT2D eigenvalue weighted by molar-refractivity contribution is 6.34. The number of anilines is 1. The Labute approximate surface area is 199 Å². The minimum Gasteiger partial charge on any atom is -0.465 e. The smallest absolute Gasteiger partial charge is 0.337 e. The minimum atomic E-state index is -0.662. The van der Waals surface area contributed by atoms with Crippen molar-refractivity contribution in [3.63, 3.8) is 0 Å². The fourth-order valence-electron chi connectivity index (χ4n) is 2.86. The number of carbonyl (C=O) groups is 3. The maximum absolute atomic E-state index is 13.0. The molecule has 0 saturated carbocycles. The summed E-state index contributed by atoms with van der Waals surface area (Å²) in [6, 6.07) is 17.7. The van der Waals surface area contributed by atoms with Crippen molar-refractivity contribution in [3.05, 3.63) is 110 Å². The average Bonchev–Trinajstić information content (AvgIpc) is 2.84. The first-order valence-corrected chi connectivity index (χ1v) is 10.2.